The van der Waals surface area contributed by atoms with Crippen molar-refractivity contribution in [2.45, 2.75) is 39.3 Å². The highest BCUT2D eigenvalue weighted by atomic mass is 19.1. The summed E-state index contributed by atoms with van der Waals surface area (Å²) in [5.41, 5.74) is 7.48. The van der Waals surface area contributed by atoms with Gasteiger partial charge in [0, 0.05) is 18.6 Å². The lowest BCUT2D eigenvalue weighted by atomic mass is 9.87. The Morgan fingerprint density at radius 3 is 2.76 bits per heavy atom. The van der Waals surface area contributed by atoms with Crippen LogP contribution in [0.4, 0.5) is 10.1 Å². The van der Waals surface area contributed by atoms with E-state index in [2.05, 4.69) is 18.7 Å². The van der Waals surface area contributed by atoms with Crippen molar-refractivity contribution < 1.29 is 4.39 Å². The first-order chi connectivity index (χ1) is 8.02. The molecular formula is C14H21FN2. The fraction of sp³-hybridized carbons (Fsp3) is 0.571. The predicted octanol–water partition coefficient (Wildman–Crippen LogP) is 2.70. The highest BCUT2D eigenvalue weighted by molar-refractivity contribution is 5.51. The summed E-state index contributed by atoms with van der Waals surface area (Å²) in [5, 5.41) is 0. The molecule has 0 bridgehead atoms. The third kappa shape index (κ3) is 2.16. The molecule has 3 atom stereocenters. The fourth-order valence-electron chi connectivity index (χ4n) is 2.59. The van der Waals surface area contributed by atoms with Gasteiger partial charge in [-0.2, -0.15) is 0 Å². The van der Waals surface area contributed by atoms with E-state index in [0.717, 1.165) is 18.7 Å². The minimum Gasteiger partial charge on any atom is -0.366 e. The van der Waals surface area contributed by atoms with Gasteiger partial charge in [-0.1, -0.05) is 19.1 Å². The molecule has 2 N–H and O–H groups in total. The van der Waals surface area contributed by atoms with Crippen molar-refractivity contribution in [3.8, 4) is 0 Å². The Morgan fingerprint density at radius 1 is 1.35 bits per heavy atom. The first kappa shape index (κ1) is 12.4. The zero-order valence-electron chi connectivity index (χ0n) is 10.8. The number of benzene rings is 1. The number of aryl methyl sites for hydroxylation is 1. The monoisotopic (exact) mass is 236 g/mol. The van der Waals surface area contributed by atoms with Crippen LogP contribution in [0.25, 0.3) is 0 Å². The standard InChI is InChI=1S/C14H21FN2/c1-9-5-4-6-13(14(9)15)17-8-7-12(16)10(2)11(17)3/h4-6,10-12H,7-8,16H2,1-3H3. The molecule has 2 nitrogen and oxygen atoms in total. The van der Waals surface area contributed by atoms with E-state index in [-0.39, 0.29) is 17.9 Å². The molecule has 1 aromatic carbocycles. The molecule has 2 rings (SSSR count). The number of nitrogens with two attached hydrogens (primary N) is 1. The first-order valence-corrected chi connectivity index (χ1v) is 6.29. The van der Waals surface area contributed by atoms with E-state index >= 15 is 0 Å². The Labute approximate surface area is 103 Å². The maximum Gasteiger partial charge on any atom is 0.149 e. The van der Waals surface area contributed by atoms with Crippen molar-refractivity contribution in [3.05, 3.63) is 29.6 Å². The molecule has 1 aromatic rings. The molecule has 3 heteroatoms. The summed E-state index contributed by atoms with van der Waals surface area (Å²) in [5.74, 6) is 0.297. The quantitative estimate of drug-likeness (QED) is 0.812. The summed E-state index contributed by atoms with van der Waals surface area (Å²) in [4.78, 5) is 2.15. The van der Waals surface area contributed by atoms with Gasteiger partial charge in [0.2, 0.25) is 0 Å². The van der Waals surface area contributed by atoms with Gasteiger partial charge >= 0.3 is 0 Å². The fourth-order valence-corrected chi connectivity index (χ4v) is 2.59. The molecular weight excluding hydrogens is 215 g/mol. The van der Waals surface area contributed by atoms with Gasteiger partial charge in [0.05, 0.1) is 5.69 Å². The average Bonchev–Trinajstić information content (AvgIpc) is 2.31. The lowest BCUT2D eigenvalue weighted by molar-refractivity contribution is 0.313. The van der Waals surface area contributed by atoms with Crippen LogP contribution in [0, 0.1) is 18.7 Å². The molecule has 0 spiro atoms. The number of halogens is 1. The van der Waals surface area contributed by atoms with Crippen LogP contribution in [0.1, 0.15) is 25.8 Å². The second-order valence-corrected chi connectivity index (χ2v) is 5.15. The smallest absolute Gasteiger partial charge is 0.149 e. The first-order valence-electron chi connectivity index (χ1n) is 6.29. The van der Waals surface area contributed by atoms with Crippen molar-refractivity contribution in [2.75, 3.05) is 11.4 Å². The van der Waals surface area contributed by atoms with Gasteiger partial charge in [-0.3, -0.25) is 0 Å². The van der Waals surface area contributed by atoms with Crippen LogP contribution < -0.4 is 10.6 Å². The molecule has 0 radical (unpaired) electrons. The Bertz CT molecular complexity index is 405. The van der Waals surface area contributed by atoms with Crippen LogP contribution in [0.15, 0.2) is 18.2 Å². The van der Waals surface area contributed by atoms with Crippen molar-refractivity contribution in [3.63, 3.8) is 0 Å². The molecule has 0 aliphatic carbocycles. The Morgan fingerprint density at radius 2 is 2.06 bits per heavy atom. The average molecular weight is 236 g/mol. The van der Waals surface area contributed by atoms with E-state index < -0.39 is 0 Å². The van der Waals surface area contributed by atoms with Crippen LogP contribution in [-0.2, 0) is 0 Å². The number of anilines is 1. The van der Waals surface area contributed by atoms with Crippen LogP contribution in [0.5, 0.6) is 0 Å². The second-order valence-electron chi connectivity index (χ2n) is 5.15. The van der Waals surface area contributed by atoms with E-state index in [1.54, 1.807) is 0 Å². The van der Waals surface area contributed by atoms with Crippen LogP contribution in [0.2, 0.25) is 0 Å². The Balaban J connectivity index is 2.31. The minimum absolute atomic E-state index is 0.0954. The van der Waals surface area contributed by atoms with E-state index in [4.69, 9.17) is 5.73 Å². The predicted molar refractivity (Wildman–Crippen MR) is 69.7 cm³/mol. The third-order valence-electron chi connectivity index (χ3n) is 4.11. The van der Waals surface area contributed by atoms with Gasteiger partial charge in [0.15, 0.2) is 0 Å². The van der Waals surface area contributed by atoms with Crippen LogP contribution >= 0.6 is 0 Å². The molecule has 0 saturated carbocycles. The van der Waals surface area contributed by atoms with Gasteiger partial charge in [0.25, 0.3) is 0 Å². The number of hydrogen-bond donors (Lipinski definition) is 1. The van der Waals surface area contributed by atoms with E-state index in [1.165, 1.54) is 0 Å². The number of hydrogen-bond acceptors (Lipinski definition) is 2. The molecule has 94 valence electrons. The third-order valence-corrected chi connectivity index (χ3v) is 4.11. The molecule has 1 heterocycles. The minimum atomic E-state index is -0.0954. The summed E-state index contributed by atoms with van der Waals surface area (Å²) in [6.45, 7) is 6.93. The topological polar surface area (TPSA) is 29.3 Å². The summed E-state index contributed by atoms with van der Waals surface area (Å²) < 4.78 is 14.1. The number of rotatable bonds is 1. The van der Waals surface area contributed by atoms with Crippen LogP contribution in [0.3, 0.4) is 0 Å². The van der Waals surface area contributed by atoms with Crippen LogP contribution in [-0.4, -0.2) is 18.6 Å². The van der Waals surface area contributed by atoms with Gasteiger partial charge in [-0.05, 0) is 37.8 Å². The highest BCUT2D eigenvalue weighted by Crippen LogP contribution is 2.30. The Kier molecular flexibility index (Phi) is 3.38. The second kappa shape index (κ2) is 4.65. The van der Waals surface area contributed by atoms with E-state index in [9.17, 15) is 4.39 Å². The number of nitrogens with zero attached hydrogens (tertiary/aromatic N) is 1. The zero-order valence-corrected chi connectivity index (χ0v) is 10.8. The van der Waals surface area contributed by atoms with Gasteiger partial charge in [-0.15, -0.1) is 0 Å². The Hall–Kier alpha value is -1.09. The van der Waals surface area contributed by atoms with Crippen molar-refractivity contribution in [1.82, 2.24) is 0 Å². The summed E-state index contributed by atoms with van der Waals surface area (Å²) in [6, 6.07) is 6.11. The SMILES string of the molecule is Cc1cccc(N2CCC(N)C(C)C2C)c1F. The van der Waals surface area contributed by atoms with Crippen molar-refractivity contribution in [1.29, 1.82) is 0 Å². The maximum absolute atomic E-state index is 14.1. The van der Waals surface area contributed by atoms with E-state index in [0.29, 0.717) is 11.5 Å². The van der Waals surface area contributed by atoms with Gasteiger partial charge in [0.1, 0.15) is 5.82 Å². The highest BCUT2D eigenvalue weighted by Gasteiger charge is 2.31. The van der Waals surface area contributed by atoms with Gasteiger partial charge in [-0.25, -0.2) is 4.39 Å². The van der Waals surface area contributed by atoms with Crippen molar-refractivity contribution >= 4 is 5.69 Å². The number of piperidine rings is 1. The molecule has 17 heavy (non-hydrogen) atoms. The lowest BCUT2D eigenvalue weighted by Gasteiger charge is -2.43. The largest absolute Gasteiger partial charge is 0.366 e. The maximum atomic E-state index is 14.1. The molecule has 0 amide bonds. The molecule has 1 aliphatic rings. The van der Waals surface area contributed by atoms with E-state index in [1.807, 2.05) is 25.1 Å². The summed E-state index contributed by atoms with van der Waals surface area (Å²) in [6.07, 6.45) is 0.929. The van der Waals surface area contributed by atoms with Crippen molar-refractivity contribution in [2.24, 2.45) is 11.7 Å². The zero-order chi connectivity index (χ0) is 12.6. The summed E-state index contributed by atoms with van der Waals surface area (Å²) >= 11 is 0. The molecule has 1 aliphatic heterocycles. The van der Waals surface area contributed by atoms with Gasteiger partial charge < -0.3 is 10.6 Å². The lowest BCUT2D eigenvalue weighted by Crippen LogP contribution is -2.52. The summed E-state index contributed by atoms with van der Waals surface area (Å²) in [7, 11) is 0. The molecule has 1 saturated heterocycles. The molecule has 1 fully saturated rings. The normalized spacial score (nSPS) is 29.5. The molecule has 0 aromatic heterocycles. The molecule has 3 unspecified atom stereocenters.